The standard InChI is InChI=1S/C14H19ClN4OS/c1-3-6-19-13(20)17-18-14(19)21-12-8-11(15)5-4-10(12)7-9(2)16/h4-5,8-9H,3,6-7,16H2,1-2H3,(H,17,20). The van der Waals surface area contributed by atoms with Gasteiger partial charge in [-0.05, 0) is 49.2 Å². The van der Waals surface area contributed by atoms with Gasteiger partial charge >= 0.3 is 5.69 Å². The first-order valence-electron chi connectivity index (χ1n) is 6.88. The third-order valence-electron chi connectivity index (χ3n) is 2.94. The molecule has 0 aliphatic carbocycles. The van der Waals surface area contributed by atoms with Crippen molar-refractivity contribution < 1.29 is 0 Å². The first-order chi connectivity index (χ1) is 10.0. The van der Waals surface area contributed by atoms with Gasteiger partial charge in [0, 0.05) is 22.5 Å². The van der Waals surface area contributed by atoms with Gasteiger partial charge in [0.2, 0.25) is 0 Å². The molecule has 0 saturated carbocycles. The average Bonchev–Trinajstić information content (AvgIpc) is 2.75. The van der Waals surface area contributed by atoms with Crippen LogP contribution >= 0.6 is 23.4 Å². The molecule has 1 heterocycles. The molecular weight excluding hydrogens is 308 g/mol. The van der Waals surface area contributed by atoms with E-state index >= 15 is 0 Å². The molecule has 21 heavy (non-hydrogen) atoms. The first-order valence-corrected chi connectivity index (χ1v) is 8.07. The minimum atomic E-state index is -0.185. The molecule has 2 rings (SSSR count). The van der Waals surface area contributed by atoms with E-state index in [1.807, 2.05) is 32.0 Å². The minimum absolute atomic E-state index is 0.0579. The fourth-order valence-electron chi connectivity index (χ4n) is 2.04. The number of hydrogen-bond acceptors (Lipinski definition) is 4. The summed E-state index contributed by atoms with van der Waals surface area (Å²) in [7, 11) is 0. The Morgan fingerprint density at radius 1 is 1.52 bits per heavy atom. The Morgan fingerprint density at radius 3 is 2.95 bits per heavy atom. The van der Waals surface area contributed by atoms with E-state index in [4.69, 9.17) is 17.3 Å². The number of benzene rings is 1. The van der Waals surface area contributed by atoms with Crippen LogP contribution in [-0.4, -0.2) is 20.8 Å². The molecule has 0 spiro atoms. The SMILES string of the molecule is CCCn1c(Sc2cc(Cl)ccc2CC(C)N)n[nH]c1=O. The minimum Gasteiger partial charge on any atom is -0.328 e. The van der Waals surface area contributed by atoms with Crippen LogP contribution in [0.25, 0.3) is 0 Å². The molecule has 0 fully saturated rings. The van der Waals surface area contributed by atoms with Crippen molar-refractivity contribution in [2.45, 2.75) is 49.3 Å². The number of nitrogens with one attached hydrogen (secondary N) is 1. The Balaban J connectivity index is 2.34. The van der Waals surface area contributed by atoms with Crippen LogP contribution in [0.4, 0.5) is 0 Å². The highest BCUT2D eigenvalue weighted by Crippen LogP contribution is 2.31. The van der Waals surface area contributed by atoms with Gasteiger partial charge in [0.15, 0.2) is 5.16 Å². The molecule has 0 aliphatic rings. The summed E-state index contributed by atoms with van der Waals surface area (Å²) in [5, 5.41) is 7.90. The summed E-state index contributed by atoms with van der Waals surface area (Å²) in [6, 6.07) is 5.78. The maximum Gasteiger partial charge on any atom is 0.343 e. The number of aromatic nitrogens is 3. The molecule has 2 aromatic rings. The fourth-order valence-corrected chi connectivity index (χ4v) is 3.32. The quantitative estimate of drug-likeness (QED) is 0.855. The highest BCUT2D eigenvalue weighted by Gasteiger charge is 2.13. The number of nitrogens with zero attached hydrogens (tertiary/aromatic N) is 2. The van der Waals surface area contributed by atoms with Crippen LogP contribution < -0.4 is 11.4 Å². The second kappa shape index (κ2) is 7.15. The van der Waals surface area contributed by atoms with Crippen molar-refractivity contribution >= 4 is 23.4 Å². The van der Waals surface area contributed by atoms with Crippen LogP contribution in [0.15, 0.2) is 33.0 Å². The molecule has 0 amide bonds. The Labute approximate surface area is 132 Å². The zero-order valence-corrected chi connectivity index (χ0v) is 13.7. The van der Waals surface area contributed by atoms with E-state index < -0.39 is 0 Å². The van der Waals surface area contributed by atoms with Gasteiger partial charge in [-0.2, -0.15) is 0 Å². The molecule has 5 nitrogen and oxygen atoms in total. The Bertz CT molecular complexity index is 665. The topological polar surface area (TPSA) is 76.7 Å². The molecule has 1 aromatic heterocycles. The summed E-state index contributed by atoms with van der Waals surface area (Å²) in [5.74, 6) is 0. The summed E-state index contributed by atoms with van der Waals surface area (Å²) in [6.45, 7) is 4.63. The van der Waals surface area contributed by atoms with Gasteiger partial charge < -0.3 is 5.73 Å². The van der Waals surface area contributed by atoms with Crippen LogP contribution in [0.1, 0.15) is 25.8 Å². The second-order valence-corrected chi connectivity index (χ2v) is 6.44. The van der Waals surface area contributed by atoms with Crippen molar-refractivity contribution in [1.29, 1.82) is 0 Å². The second-order valence-electron chi connectivity index (χ2n) is 5.00. The number of nitrogens with two attached hydrogens (primary N) is 1. The van der Waals surface area contributed by atoms with Gasteiger partial charge in [-0.15, -0.1) is 5.10 Å². The normalized spacial score (nSPS) is 12.6. The van der Waals surface area contributed by atoms with E-state index in [1.165, 1.54) is 11.8 Å². The largest absolute Gasteiger partial charge is 0.343 e. The Morgan fingerprint density at radius 2 is 2.29 bits per heavy atom. The smallest absolute Gasteiger partial charge is 0.328 e. The van der Waals surface area contributed by atoms with Crippen molar-refractivity contribution in [1.82, 2.24) is 14.8 Å². The highest BCUT2D eigenvalue weighted by atomic mass is 35.5. The van der Waals surface area contributed by atoms with E-state index in [0.717, 1.165) is 23.3 Å². The maximum absolute atomic E-state index is 11.7. The molecule has 1 aromatic carbocycles. The summed E-state index contributed by atoms with van der Waals surface area (Å²) in [6.07, 6.45) is 1.62. The molecule has 0 radical (unpaired) electrons. The lowest BCUT2D eigenvalue weighted by molar-refractivity contribution is 0.603. The number of halogens is 1. The number of rotatable bonds is 6. The third-order valence-corrected chi connectivity index (χ3v) is 4.27. The van der Waals surface area contributed by atoms with Crippen molar-refractivity contribution in [3.8, 4) is 0 Å². The van der Waals surface area contributed by atoms with Crippen LogP contribution in [0.3, 0.4) is 0 Å². The van der Waals surface area contributed by atoms with Gasteiger partial charge in [-0.1, -0.05) is 24.6 Å². The van der Waals surface area contributed by atoms with Crippen molar-refractivity contribution in [3.63, 3.8) is 0 Å². The van der Waals surface area contributed by atoms with Gasteiger partial charge in [0.05, 0.1) is 0 Å². The zero-order chi connectivity index (χ0) is 15.4. The molecule has 0 aliphatic heterocycles. The van der Waals surface area contributed by atoms with E-state index in [2.05, 4.69) is 10.2 Å². The van der Waals surface area contributed by atoms with E-state index in [9.17, 15) is 4.79 Å². The van der Waals surface area contributed by atoms with Gasteiger partial charge in [-0.3, -0.25) is 4.57 Å². The zero-order valence-electron chi connectivity index (χ0n) is 12.1. The molecule has 114 valence electrons. The summed E-state index contributed by atoms with van der Waals surface area (Å²) in [4.78, 5) is 12.7. The van der Waals surface area contributed by atoms with E-state index in [0.29, 0.717) is 16.7 Å². The summed E-state index contributed by atoms with van der Waals surface area (Å²) < 4.78 is 1.64. The van der Waals surface area contributed by atoms with Gasteiger partial charge in [0.1, 0.15) is 0 Å². The lowest BCUT2D eigenvalue weighted by Crippen LogP contribution is -2.18. The molecule has 0 bridgehead atoms. The maximum atomic E-state index is 11.7. The third kappa shape index (κ3) is 4.12. The summed E-state index contributed by atoms with van der Waals surface area (Å²) >= 11 is 7.52. The van der Waals surface area contributed by atoms with Crippen molar-refractivity contribution in [3.05, 3.63) is 39.3 Å². The lowest BCUT2D eigenvalue weighted by Gasteiger charge is -2.11. The lowest BCUT2D eigenvalue weighted by atomic mass is 10.1. The van der Waals surface area contributed by atoms with Crippen molar-refractivity contribution in [2.75, 3.05) is 0 Å². The Hall–Kier alpha value is -1.24. The predicted octanol–water partition coefficient (Wildman–Crippen LogP) is 2.68. The highest BCUT2D eigenvalue weighted by molar-refractivity contribution is 7.99. The van der Waals surface area contributed by atoms with Crippen molar-refractivity contribution in [2.24, 2.45) is 5.73 Å². The van der Waals surface area contributed by atoms with Gasteiger partial charge in [-0.25, -0.2) is 9.89 Å². The fraction of sp³-hybridized carbons (Fsp3) is 0.429. The van der Waals surface area contributed by atoms with E-state index in [-0.39, 0.29) is 11.7 Å². The molecule has 1 unspecified atom stereocenters. The molecule has 0 saturated heterocycles. The van der Waals surface area contributed by atoms with Crippen LogP contribution in [0.5, 0.6) is 0 Å². The average molecular weight is 327 g/mol. The molecular formula is C14H19ClN4OS. The molecule has 7 heteroatoms. The Kier molecular flexibility index (Phi) is 5.50. The summed E-state index contributed by atoms with van der Waals surface area (Å²) in [5.41, 5.74) is 6.81. The first kappa shape index (κ1) is 16.1. The van der Waals surface area contributed by atoms with Crippen LogP contribution in [-0.2, 0) is 13.0 Å². The number of H-pyrrole nitrogens is 1. The predicted molar refractivity (Wildman–Crippen MR) is 86.1 cm³/mol. The monoisotopic (exact) mass is 326 g/mol. The van der Waals surface area contributed by atoms with E-state index in [1.54, 1.807) is 4.57 Å². The van der Waals surface area contributed by atoms with Crippen LogP contribution in [0.2, 0.25) is 5.02 Å². The van der Waals surface area contributed by atoms with Crippen LogP contribution in [0, 0.1) is 0 Å². The number of aromatic amines is 1. The number of hydrogen-bond donors (Lipinski definition) is 2. The van der Waals surface area contributed by atoms with Gasteiger partial charge in [0.25, 0.3) is 0 Å². The molecule has 3 N–H and O–H groups in total. The molecule has 1 atom stereocenters.